The number of benzene rings is 2. The Kier molecular flexibility index (Phi) is 6.22. The molecule has 0 heterocycles. The lowest BCUT2D eigenvalue weighted by Gasteiger charge is -2.13. The van der Waals surface area contributed by atoms with E-state index in [2.05, 4.69) is 10.6 Å². The van der Waals surface area contributed by atoms with Gasteiger partial charge in [-0.3, -0.25) is 9.59 Å². The molecule has 7 heteroatoms. The maximum atomic E-state index is 13.0. The molecule has 2 amide bonds. The molecule has 0 aliphatic carbocycles. The van der Waals surface area contributed by atoms with Crippen LogP contribution >= 0.6 is 0 Å². The molecule has 2 N–H and O–H groups in total. The summed E-state index contributed by atoms with van der Waals surface area (Å²) in [5, 5.41) is 4.88. The summed E-state index contributed by atoms with van der Waals surface area (Å²) < 4.78 is 17.9. The zero-order valence-electron chi connectivity index (χ0n) is 13.5. The first-order valence-electron chi connectivity index (χ1n) is 7.53. The Hall–Kier alpha value is -3.22. The fourth-order valence-corrected chi connectivity index (χ4v) is 1.95. The van der Waals surface area contributed by atoms with Crippen LogP contribution in [0.1, 0.15) is 17.3 Å². The van der Waals surface area contributed by atoms with Gasteiger partial charge in [0.2, 0.25) is 0 Å². The van der Waals surface area contributed by atoms with Crippen LogP contribution in [0.4, 0.5) is 10.1 Å². The number of hydrogen-bond donors (Lipinski definition) is 2. The molecule has 6 nitrogen and oxygen atoms in total. The summed E-state index contributed by atoms with van der Waals surface area (Å²) >= 11 is 0. The summed E-state index contributed by atoms with van der Waals surface area (Å²) in [6.45, 7) is 0.911. The largest absolute Gasteiger partial charge is 0.454 e. The van der Waals surface area contributed by atoms with E-state index in [1.807, 2.05) is 0 Å². The van der Waals surface area contributed by atoms with Crippen molar-refractivity contribution in [1.29, 1.82) is 0 Å². The van der Waals surface area contributed by atoms with E-state index in [4.69, 9.17) is 4.74 Å². The summed E-state index contributed by atoms with van der Waals surface area (Å²) in [6, 6.07) is 12.8. The summed E-state index contributed by atoms with van der Waals surface area (Å²) in [5.41, 5.74) is 0.664. The Morgan fingerprint density at radius 3 is 2.48 bits per heavy atom. The molecule has 0 aliphatic rings. The number of carbonyl (C=O) groups is 3. The van der Waals surface area contributed by atoms with Crippen molar-refractivity contribution >= 4 is 23.5 Å². The third-order valence-electron chi connectivity index (χ3n) is 3.19. The third-order valence-corrected chi connectivity index (χ3v) is 3.19. The highest BCUT2D eigenvalue weighted by atomic mass is 19.1. The number of amides is 2. The second kappa shape index (κ2) is 8.58. The molecule has 0 aromatic heterocycles. The Morgan fingerprint density at radius 1 is 1.08 bits per heavy atom. The first kappa shape index (κ1) is 18.1. The van der Waals surface area contributed by atoms with Crippen LogP contribution in [0.3, 0.4) is 0 Å². The van der Waals surface area contributed by atoms with E-state index in [0.29, 0.717) is 5.56 Å². The number of ether oxygens (including phenoxy) is 1. The molecule has 0 saturated heterocycles. The molecule has 0 spiro atoms. The van der Waals surface area contributed by atoms with E-state index in [1.165, 1.54) is 25.1 Å². The normalized spacial score (nSPS) is 11.3. The number of halogens is 1. The molecule has 2 aromatic rings. The zero-order chi connectivity index (χ0) is 18.2. The number of nitrogens with one attached hydrogen (secondary N) is 2. The molecule has 0 aliphatic heterocycles. The van der Waals surface area contributed by atoms with Gasteiger partial charge in [-0.1, -0.05) is 24.3 Å². The van der Waals surface area contributed by atoms with Gasteiger partial charge in [0, 0.05) is 11.3 Å². The standard InChI is InChI=1S/C18H17FN2O4/c1-12(20-17(23)13-6-3-2-4-7-13)18(24)25-11-16(22)21-15-9-5-8-14(19)10-15/h2-10,12H,11H2,1H3,(H,20,23)(H,21,22). The van der Waals surface area contributed by atoms with Crippen molar-refractivity contribution in [2.45, 2.75) is 13.0 Å². The van der Waals surface area contributed by atoms with Gasteiger partial charge in [0.25, 0.3) is 11.8 Å². The third kappa shape index (κ3) is 5.72. The van der Waals surface area contributed by atoms with Crippen LogP contribution in [0.2, 0.25) is 0 Å². The minimum atomic E-state index is -0.922. The molecule has 0 fully saturated rings. The van der Waals surface area contributed by atoms with E-state index in [1.54, 1.807) is 30.3 Å². The van der Waals surface area contributed by atoms with Crippen molar-refractivity contribution in [1.82, 2.24) is 5.32 Å². The van der Waals surface area contributed by atoms with Crippen molar-refractivity contribution in [3.8, 4) is 0 Å². The van der Waals surface area contributed by atoms with Gasteiger partial charge in [-0.15, -0.1) is 0 Å². The molecule has 0 radical (unpaired) electrons. The topological polar surface area (TPSA) is 84.5 Å². The van der Waals surface area contributed by atoms with Crippen molar-refractivity contribution in [2.75, 3.05) is 11.9 Å². The van der Waals surface area contributed by atoms with Crippen LogP contribution in [-0.2, 0) is 14.3 Å². The van der Waals surface area contributed by atoms with Crippen LogP contribution in [0, 0.1) is 5.82 Å². The number of carbonyl (C=O) groups excluding carboxylic acids is 3. The molecular weight excluding hydrogens is 327 g/mol. The quantitative estimate of drug-likeness (QED) is 0.786. The molecule has 0 saturated carbocycles. The van der Waals surface area contributed by atoms with E-state index in [9.17, 15) is 18.8 Å². The van der Waals surface area contributed by atoms with Crippen molar-refractivity contribution < 1.29 is 23.5 Å². The lowest BCUT2D eigenvalue weighted by Crippen LogP contribution is -2.40. The molecule has 25 heavy (non-hydrogen) atoms. The van der Waals surface area contributed by atoms with E-state index in [0.717, 1.165) is 6.07 Å². The highest BCUT2D eigenvalue weighted by Crippen LogP contribution is 2.08. The van der Waals surface area contributed by atoms with Crippen molar-refractivity contribution in [3.05, 3.63) is 66.0 Å². The van der Waals surface area contributed by atoms with Crippen LogP contribution in [-0.4, -0.2) is 30.4 Å². The number of esters is 1. The minimum absolute atomic E-state index is 0.256. The number of rotatable bonds is 6. The smallest absolute Gasteiger partial charge is 0.328 e. The van der Waals surface area contributed by atoms with Crippen molar-refractivity contribution in [3.63, 3.8) is 0 Å². The summed E-state index contributed by atoms with van der Waals surface area (Å²) in [4.78, 5) is 35.5. The predicted octanol–water partition coefficient (Wildman–Crippen LogP) is 2.13. The molecule has 0 bridgehead atoms. The van der Waals surface area contributed by atoms with Crippen LogP contribution in [0.15, 0.2) is 54.6 Å². The van der Waals surface area contributed by atoms with Gasteiger partial charge in [-0.05, 0) is 37.3 Å². The van der Waals surface area contributed by atoms with Gasteiger partial charge in [-0.2, -0.15) is 0 Å². The summed E-state index contributed by atoms with van der Waals surface area (Å²) in [5.74, 6) is -2.28. The maximum absolute atomic E-state index is 13.0. The lowest BCUT2D eigenvalue weighted by atomic mass is 10.2. The predicted molar refractivity (Wildman–Crippen MR) is 89.4 cm³/mol. The van der Waals surface area contributed by atoms with Crippen LogP contribution < -0.4 is 10.6 Å². The van der Waals surface area contributed by atoms with E-state index >= 15 is 0 Å². The molecule has 130 valence electrons. The molecule has 1 unspecified atom stereocenters. The second-order valence-electron chi connectivity index (χ2n) is 5.23. The van der Waals surface area contributed by atoms with Crippen molar-refractivity contribution in [2.24, 2.45) is 0 Å². The molecule has 2 rings (SSSR count). The lowest BCUT2D eigenvalue weighted by molar-refractivity contribution is -0.148. The molecule has 1 atom stereocenters. The highest BCUT2D eigenvalue weighted by Gasteiger charge is 2.19. The fraction of sp³-hybridized carbons (Fsp3) is 0.167. The van der Waals surface area contributed by atoms with Gasteiger partial charge < -0.3 is 15.4 Å². The average molecular weight is 344 g/mol. The zero-order valence-corrected chi connectivity index (χ0v) is 13.5. The van der Waals surface area contributed by atoms with Gasteiger partial charge in [0.1, 0.15) is 11.9 Å². The van der Waals surface area contributed by atoms with Gasteiger partial charge in [-0.25, -0.2) is 9.18 Å². The number of anilines is 1. The molecular formula is C18H17FN2O4. The van der Waals surface area contributed by atoms with E-state index < -0.39 is 36.2 Å². The Bertz CT molecular complexity index is 765. The molecule has 2 aromatic carbocycles. The summed E-state index contributed by atoms with van der Waals surface area (Å²) in [7, 11) is 0. The SMILES string of the molecule is CC(NC(=O)c1ccccc1)C(=O)OCC(=O)Nc1cccc(F)c1. The summed E-state index contributed by atoms with van der Waals surface area (Å²) in [6.07, 6.45) is 0. The van der Waals surface area contributed by atoms with Gasteiger partial charge in [0.15, 0.2) is 6.61 Å². The number of hydrogen-bond acceptors (Lipinski definition) is 4. The van der Waals surface area contributed by atoms with E-state index in [-0.39, 0.29) is 5.69 Å². The Balaban J connectivity index is 1.79. The fourth-order valence-electron chi connectivity index (χ4n) is 1.95. The van der Waals surface area contributed by atoms with Gasteiger partial charge >= 0.3 is 5.97 Å². The first-order chi connectivity index (χ1) is 12.0. The maximum Gasteiger partial charge on any atom is 0.328 e. The minimum Gasteiger partial charge on any atom is -0.454 e. The Labute approximate surface area is 144 Å². The highest BCUT2D eigenvalue weighted by molar-refractivity contribution is 5.97. The van der Waals surface area contributed by atoms with Gasteiger partial charge in [0.05, 0.1) is 0 Å². The second-order valence-corrected chi connectivity index (χ2v) is 5.23. The first-order valence-corrected chi connectivity index (χ1v) is 7.53. The average Bonchev–Trinajstić information content (AvgIpc) is 2.60. The van der Waals surface area contributed by atoms with Crippen LogP contribution in [0.25, 0.3) is 0 Å². The van der Waals surface area contributed by atoms with Crippen LogP contribution in [0.5, 0.6) is 0 Å². The Morgan fingerprint density at radius 2 is 1.80 bits per heavy atom. The monoisotopic (exact) mass is 344 g/mol.